The number of Topliss-reactive ketones (excluding diaryl/α,β-unsaturated/α-hetero) is 2. The number of carbonyl (C=O) groups excluding carboxylic acids is 4. The summed E-state index contributed by atoms with van der Waals surface area (Å²) < 4.78 is 33.4. The van der Waals surface area contributed by atoms with Gasteiger partial charge in [-0.3, -0.25) is 14.4 Å². The van der Waals surface area contributed by atoms with Gasteiger partial charge in [0.15, 0.2) is 23.3 Å². The van der Waals surface area contributed by atoms with Crippen LogP contribution in [-0.2, 0) is 44.6 Å². The number of hydrogen-bond acceptors (Lipinski definition) is 13. The van der Waals surface area contributed by atoms with Crippen LogP contribution in [0.5, 0.6) is 0 Å². The number of unbranched alkanes of at least 4 members (excludes halogenated alkanes) is 1. The van der Waals surface area contributed by atoms with E-state index in [0.29, 0.717) is 32.4 Å². The van der Waals surface area contributed by atoms with E-state index in [9.17, 15) is 24.3 Å². The number of amides is 1. The lowest BCUT2D eigenvalue weighted by atomic mass is 9.71. The molecule has 2 aromatic rings. The number of imidazole rings is 1. The molecule has 1 amide bonds. The highest BCUT2D eigenvalue weighted by Crippen LogP contribution is 2.44. The van der Waals surface area contributed by atoms with Crippen LogP contribution in [0.15, 0.2) is 24.7 Å². The summed E-state index contributed by atoms with van der Waals surface area (Å²) in [4.78, 5) is 69.9. The Labute approximate surface area is 337 Å². The Balaban J connectivity index is 1.49. The molecule has 1 N–H and O–H groups in total. The molecule has 12 atom stereocenters. The molecule has 2 aromatic heterocycles. The zero-order valence-corrected chi connectivity index (χ0v) is 35.9. The molecule has 3 aliphatic rings. The first-order valence-electron chi connectivity index (χ1n) is 20.5. The Morgan fingerprint density at radius 3 is 2.33 bits per heavy atom. The van der Waals surface area contributed by atoms with Gasteiger partial charge in [-0.05, 0) is 93.0 Å². The first-order chi connectivity index (χ1) is 26.7. The highest BCUT2D eigenvalue weighted by Gasteiger charge is 2.61. The van der Waals surface area contributed by atoms with Crippen LogP contribution in [0.25, 0.3) is 11.2 Å². The molecule has 15 nitrogen and oxygen atoms in total. The van der Waals surface area contributed by atoms with Crippen molar-refractivity contribution < 1.29 is 48.0 Å². The highest BCUT2D eigenvalue weighted by molar-refractivity contribution is 6.04. The van der Waals surface area contributed by atoms with E-state index in [0.717, 1.165) is 11.2 Å². The molecule has 0 radical (unpaired) electrons. The molecule has 3 aliphatic heterocycles. The fourth-order valence-corrected chi connectivity index (χ4v) is 9.52. The van der Waals surface area contributed by atoms with Crippen molar-refractivity contribution >= 4 is 34.8 Å². The van der Waals surface area contributed by atoms with Crippen molar-refractivity contribution in [2.75, 3.05) is 27.7 Å². The Hall–Kier alpha value is -3.50. The van der Waals surface area contributed by atoms with Crippen LogP contribution >= 0.6 is 0 Å². The lowest BCUT2D eigenvalue weighted by molar-refractivity contribution is -0.295. The standard InChI is InChI=1S/C42H65N5O10/c1-13-30-42(9)33(47(39(52)57-42)20-15-14-19-46-23-44-28-17-16-18-43-36(28)46)26(4)31(48)24(2)22-41(8,53-12)35(27(5)34(50)40(6,7)38(51)55-30)56-37-32(49)29(45(10)11)21-25(3)54-37/h16-18,23-27,29-30,32-33,35,37,49H,13-15,19-22H2,1-12H3/t24-,25-,26+,27+,29+,30-,32-,33-,35-,37+,41-,42-/m1/s1. The monoisotopic (exact) mass is 799 g/mol. The number of methoxy groups -OCH3 is 1. The predicted molar refractivity (Wildman–Crippen MR) is 211 cm³/mol. The molecule has 318 valence electrons. The Morgan fingerprint density at radius 2 is 1.68 bits per heavy atom. The first kappa shape index (κ1) is 44.6. The summed E-state index contributed by atoms with van der Waals surface area (Å²) in [6.45, 7) is 16.4. The van der Waals surface area contributed by atoms with Gasteiger partial charge in [0.25, 0.3) is 0 Å². The fraction of sp³-hybridized carbons (Fsp3) is 0.762. The van der Waals surface area contributed by atoms with Crippen molar-refractivity contribution in [3.63, 3.8) is 0 Å². The summed E-state index contributed by atoms with van der Waals surface area (Å²) in [5.41, 5.74) is -2.80. The van der Waals surface area contributed by atoms with Crippen LogP contribution in [-0.4, -0.2) is 135 Å². The van der Waals surface area contributed by atoms with Crippen molar-refractivity contribution in [1.29, 1.82) is 0 Å². The molecule has 57 heavy (non-hydrogen) atoms. The van der Waals surface area contributed by atoms with E-state index in [2.05, 4.69) is 9.97 Å². The maximum absolute atomic E-state index is 14.7. The number of likely N-dealkylation sites (N-methyl/N-ethyl adjacent to an activating group) is 1. The van der Waals surface area contributed by atoms with Gasteiger partial charge in [0.2, 0.25) is 0 Å². The van der Waals surface area contributed by atoms with E-state index in [4.69, 9.17) is 23.7 Å². The maximum Gasteiger partial charge on any atom is 0.410 e. The summed E-state index contributed by atoms with van der Waals surface area (Å²) in [6, 6.07) is 2.66. The minimum Gasteiger partial charge on any atom is -0.457 e. The Kier molecular flexibility index (Phi) is 13.6. The fourth-order valence-electron chi connectivity index (χ4n) is 9.52. The summed E-state index contributed by atoms with van der Waals surface area (Å²) in [6.07, 6.45) is 0.608. The molecule has 3 fully saturated rings. The van der Waals surface area contributed by atoms with E-state index in [1.807, 2.05) is 56.5 Å². The minimum atomic E-state index is -1.67. The molecule has 0 aromatic carbocycles. The molecule has 0 unspecified atom stereocenters. The molecule has 5 rings (SSSR count). The lowest BCUT2D eigenvalue weighted by Gasteiger charge is -2.47. The van der Waals surface area contributed by atoms with Gasteiger partial charge in [-0.25, -0.2) is 14.8 Å². The molecular weight excluding hydrogens is 734 g/mol. The number of aryl methyl sites for hydroxylation is 1. The summed E-state index contributed by atoms with van der Waals surface area (Å²) >= 11 is 0. The third-order valence-corrected chi connectivity index (χ3v) is 12.9. The van der Waals surface area contributed by atoms with Crippen LogP contribution in [0, 0.1) is 23.2 Å². The molecule has 0 aliphatic carbocycles. The molecule has 3 saturated heterocycles. The van der Waals surface area contributed by atoms with Gasteiger partial charge in [0, 0.05) is 50.2 Å². The van der Waals surface area contributed by atoms with Crippen molar-refractivity contribution in [2.24, 2.45) is 23.2 Å². The number of rotatable bonds is 10. The van der Waals surface area contributed by atoms with E-state index >= 15 is 0 Å². The number of ether oxygens (including phenoxy) is 5. The van der Waals surface area contributed by atoms with E-state index < -0.39 is 82.9 Å². The first-order valence-corrected chi connectivity index (χ1v) is 20.5. The number of pyridine rings is 1. The quantitative estimate of drug-likeness (QED) is 0.198. The lowest BCUT2D eigenvalue weighted by Crippen LogP contribution is -2.61. The van der Waals surface area contributed by atoms with E-state index in [1.54, 1.807) is 45.1 Å². The van der Waals surface area contributed by atoms with Gasteiger partial charge in [-0.1, -0.05) is 27.7 Å². The summed E-state index contributed by atoms with van der Waals surface area (Å²) in [7, 11) is 5.24. The second-order valence-electron chi connectivity index (χ2n) is 17.7. The van der Waals surface area contributed by atoms with Crippen LogP contribution < -0.4 is 0 Å². The third-order valence-electron chi connectivity index (χ3n) is 12.9. The van der Waals surface area contributed by atoms with Crippen molar-refractivity contribution in [2.45, 2.75) is 155 Å². The van der Waals surface area contributed by atoms with Crippen LogP contribution in [0.2, 0.25) is 0 Å². The molecule has 0 saturated carbocycles. The van der Waals surface area contributed by atoms with Gasteiger partial charge in [-0.2, -0.15) is 0 Å². The Bertz CT molecular complexity index is 1770. The number of hydrogen-bond donors (Lipinski definition) is 1. The normalized spacial score (nSPS) is 36.9. The number of aliphatic hydroxyl groups excluding tert-OH is 1. The zero-order valence-electron chi connectivity index (χ0n) is 35.9. The SMILES string of the molecule is CC[C@H]1OC(=O)C(C)(C)C(=O)[C@H](C)[C@@H](O[C@@H]2O[C@H](C)C[C@H](N(C)C)[C@H]2O)[C@](C)(OC)C[C@@H](C)C(=O)[C@H](C)[C@H]2N(CCCCn3cnc4cccnc43)C(=O)O[C@]12C. The number of aromatic nitrogens is 3. The zero-order chi connectivity index (χ0) is 42.2. The van der Waals surface area contributed by atoms with Gasteiger partial charge < -0.3 is 43.2 Å². The number of aliphatic hydroxyl groups is 1. The number of esters is 1. The van der Waals surface area contributed by atoms with Crippen LogP contribution in [0.1, 0.15) is 94.4 Å². The van der Waals surface area contributed by atoms with Crippen molar-refractivity contribution in [3.05, 3.63) is 24.7 Å². The van der Waals surface area contributed by atoms with Crippen LogP contribution in [0.4, 0.5) is 4.79 Å². The molecule has 0 bridgehead atoms. The average molecular weight is 800 g/mol. The van der Waals surface area contributed by atoms with Gasteiger partial charge in [0.05, 0.1) is 30.2 Å². The van der Waals surface area contributed by atoms with Crippen LogP contribution in [0.3, 0.4) is 0 Å². The second kappa shape index (κ2) is 17.4. The number of carbonyl (C=O) groups is 4. The van der Waals surface area contributed by atoms with Crippen molar-refractivity contribution in [3.8, 4) is 0 Å². The smallest absolute Gasteiger partial charge is 0.410 e. The predicted octanol–water partition coefficient (Wildman–Crippen LogP) is 4.81. The van der Waals surface area contributed by atoms with Gasteiger partial charge in [0.1, 0.15) is 28.9 Å². The topological polar surface area (TPSA) is 172 Å². The number of cyclic esters (lactones) is 1. The van der Waals surface area contributed by atoms with Gasteiger partial charge in [-0.15, -0.1) is 0 Å². The number of fused-ring (bicyclic) bond motifs is 2. The third kappa shape index (κ3) is 8.64. The summed E-state index contributed by atoms with van der Waals surface area (Å²) in [5, 5.41) is 11.5. The van der Waals surface area contributed by atoms with E-state index in [-0.39, 0.29) is 30.8 Å². The summed E-state index contributed by atoms with van der Waals surface area (Å²) in [5.74, 6) is -3.81. The highest BCUT2D eigenvalue weighted by atomic mass is 16.7. The van der Waals surface area contributed by atoms with Crippen molar-refractivity contribution in [1.82, 2.24) is 24.3 Å². The molecular formula is C42H65N5O10. The Morgan fingerprint density at radius 1 is 1.00 bits per heavy atom. The number of ketones is 2. The van der Waals surface area contributed by atoms with Gasteiger partial charge >= 0.3 is 12.1 Å². The average Bonchev–Trinajstić information content (AvgIpc) is 3.70. The number of nitrogens with zero attached hydrogens (tertiary/aromatic N) is 5. The molecule has 0 spiro atoms. The largest absolute Gasteiger partial charge is 0.457 e. The maximum atomic E-state index is 14.7. The molecule has 15 heteroatoms. The second-order valence-corrected chi connectivity index (χ2v) is 17.7. The minimum absolute atomic E-state index is 0.123. The van der Waals surface area contributed by atoms with E-state index in [1.165, 1.54) is 21.0 Å². The molecule has 5 heterocycles.